The number of carbonyl (C=O) groups is 1. The molecule has 2 N–H and O–H groups in total. The molecule has 5 nitrogen and oxygen atoms in total. The summed E-state index contributed by atoms with van der Waals surface area (Å²) in [7, 11) is 1.67. The molecule has 0 aliphatic rings. The van der Waals surface area contributed by atoms with Crippen LogP contribution in [0.1, 0.15) is 17.5 Å². The van der Waals surface area contributed by atoms with Crippen molar-refractivity contribution >= 4 is 5.91 Å². The van der Waals surface area contributed by atoms with Crippen LogP contribution in [0.2, 0.25) is 0 Å². The first-order valence-corrected chi connectivity index (χ1v) is 7.30. The number of amides is 1. The fourth-order valence-corrected chi connectivity index (χ4v) is 1.74. The Morgan fingerprint density at radius 1 is 1.10 bits per heavy atom. The number of nitrogens with one attached hydrogen (secondary N) is 2. The zero-order chi connectivity index (χ0) is 15.5. The Bertz CT molecular complexity index is 436. The lowest BCUT2D eigenvalue weighted by molar-refractivity contribution is -0.121. The maximum absolute atomic E-state index is 11.6. The van der Waals surface area contributed by atoms with Crippen LogP contribution >= 0.6 is 0 Å². The Balaban J connectivity index is 2.09. The van der Waals surface area contributed by atoms with Crippen molar-refractivity contribution in [3.05, 3.63) is 29.3 Å². The molecule has 0 aromatic heterocycles. The quantitative estimate of drug-likeness (QED) is 0.641. The van der Waals surface area contributed by atoms with Gasteiger partial charge in [0.2, 0.25) is 5.91 Å². The lowest BCUT2D eigenvalue weighted by Crippen LogP contribution is -2.33. The molecule has 0 spiro atoms. The van der Waals surface area contributed by atoms with Crippen molar-refractivity contribution in [3.63, 3.8) is 0 Å². The molecule has 0 saturated heterocycles. The van der Waals surface area contributed by atoms with E-state index in [1.54, 1.807) is 7.11 Å². The number of hydrogen-bond donors (Lipinski definition) is 2. The van der Waals surface area contributed by atoms with Gasteiger partial charge in [-0.05, 0) is 37.1 Å². The summed E-state index contributed by atoms with van der Waals surface area (Å²) in [4.78, 5) is 11.6. The zero-order valence-corrected chi connectivity index (χ0v) is 13.2. The summed E-state index contributed by atoms with van der Waals surface area (Å²) in [6, 6.07) is 5.95. The SMILES string of the molecule is COCCNCCNC(=O)CCOc1ccc(C)c(C)c1. The third-order valence-corrected chi connectivity index (χ3v) is 3.18. The fraction of sp³-hybridized carbons (Fsp3) is 0.562. The van der Waals surface area contributed by atoms with Crippen LogP contribution in [0, 0.1) is 13.8 Å². The van der Waals surface area contributed by atoms with Crippen LogP contribution in [0.3, 0.4) is 0 Å². The molecule has 118 valence electrons. The fourth-order valence-electron chi connectivity index (χ4n) is 1.74. The monoisotopic (exact) mass is 294 g/mol. The maximum atomic E-state index is 11.6. The van der Waals surface area contributed by atoms with Gasteiger partial charge >= 0.3 is 0 Å². The number of aryl methyl sites for hydroxylation is 2. The zero-order valence-electron chi connectivity index (χ0n) is 13.2. The van der Waals surface area contributed by atoms with Crippen LogP contribution in [0.4, 0.5) is 0 Å². The van der Waals surface area contributed by atoms with Crippen LogP contribution in [0.15, 0.2) is 18.2 Å². The van der Waals surface area contributed by atoms with Gasteiger partial charge in [0.1, 0.15) is 5.75 Å². The molecule has 21 heavy (non-hydrogen) atoms. The van der Waals surface area contributed by atoms with E-state index in [0.717, 1.165) is 18.8 Å². The molecule has 1 aromatic carbocycles. The van der Waals surface area contributed by atoms with Gasteiger partial charge < -0.3 is 20.1 Å². The molecule has 5 heteroatoms. The van der Waals surface area contributed by atoms with Gasteiger partial charge in [-0.1, -0.05) is 6.07 Å². The Kier molecular flexibility index (Phi) is 8.47. The van der Waals surface area contributed by atoms with Crippen molar-refractivity contribution in [1.29, 1.82) is 0 Å². The molecule has 0 radical (unpaired) electrons. The molecule has 0 unspecified atom stereocenters. The highest BCUT2D eigenvalue weighted by atomic mass is 16.5. The van der Waals surface area contributed by atoms with Gasteiger partial charge in [0.15, 0.2) is 0 Å². The van der Waals surface area contributed by atoms with E-state index in [-0.39, 0.29) is 5.91 Å². The largest absolute Gasteiger partial charge is 0.493 e. The first-order valence-electron chi connectivity index (χ1n) is 7.30. The molecule has 1 rings (SSSR count). The Morgan fingerprint density at radius 3 is 2.62 bits per heavy atom. The molecule has 1 amide bonds. The van der Waals surface area contributed by atoms with Crippen molar-refractivity contribution in [1.82, 2.24) is 10.6 Å². The molecule has 0 atom stereocenters. The van der Waals surface area contributed by atoms with Crippen molar-refractivity contribution in [2.45, 2.75) is 20.3 Å². The molecular formula is C16H26N2O3. The third kappa shape index (κ3) is 7.68. The van der Waals surface area contributed by atoms with E-state index < -0.39 is 0 Å². The number of carbonyl (C=O) groups excluding carboxylic acids is 1. The molecule has 1 aromatic rings. The van der Waals surface area contributed by atoms with E-state index in [4.69, 9.17) is 9.47 Å². The highest BCUT2D eigenvalue weighted by molar-refractivity contribution is 5.75. The topological polar surface area (TPSA) is 59.6 Å². The second-order valence-corrected chi connectivity index (χ2v) is 4.94. The average molecular weight is 294 g/mol. The second-order valence-electron chi connectivity index (χ2n) is 4.94. The first-order chi connectivity index (χ1) is 10.1. The summed E-state index contributed by atoms with van der Waals surface area (Å²) in [5.74, 6) is 0.819. The Hall–Kier alpha value is -1.59. The summed E-state index contributed by atoms with van der Waals surface area (Å²) in [6.45, 7) is 7.34. The minimum absolute atomic E-state index is 0.00683. The van der Waals surface area contributed by atoms with E-state index in [9.17, 15) is 4.79 Å². The summed E-state index contributed by atoms with van der Waals surface area (Å²) in [5.41, 5.74) is 2.43. The van der Waals surface area contributed by atoms with Crippen LogP contribution in [-0.4, -0.2) is 45.9 Å². The summed E-state index contributed by atoms with van der Waals surface area (Å²) < 4.78 is 10.5. The summed E-state index contributed by atoms with van der Waals surface area (Å²) in [6.07, 6.45) is 0.366. The number of hydrogen-bond acceptors (Lipinski definition) is 4. The van der Waals surface area contributed by atoms with Gasteiger partial charge in [-0.25, -0.2) is 0 Å². The van der Waals surface area contributed by atoms with Crippen LogP contribution < -0.4 is 15.4 Å². The highest BCUT2D eigenvalue weighted by Gasteiger charge is 2.02. The van der Waals surface area contributed by atoms with Gasteiger partial charge in [-0.2, -0.15) is 0 Å². The number of rotatable bonds is 10. The predicted molar refractivity (Wildman–Crippen MR) is 83.8 cm³/mol. The smallest absolute Gasteiger partial charge is 0.223 e. The molecule has 0 fully saturated rings. The van der Waals surface area contributed by atoms with Crippen LogP contribution in [0.25, 0.3) is 0 Å². The van der Waals surface area contributed by atoms with Crippen molar-refractivity contribution in [2.24, 2.45) is 0 Å². The Morgan fingerprint density at radius 2 is 1.90 bits per heavy atom. The third-order valence-electron chi connectivity index (χ3n) is 3.18. The number of methoxy groups -OCH3 is 1. The lowest BCUT2D eigenvalue weighted by Gasteiger charge is -2.09. The predicted octanol–water partition coefficient (Wildman–Crippen LogP) is 1.42. The minimum atomic E-state index is 0.00683. The molecule has 0 heterocycles. The van der Waals surface area contributed by atoms with Crippen molar-refractivity contribution < 1.29 is 14.3 Å². The van der Waals surface area contributed by atoms with E-state index in [1.165, 1.54) is 11.1 Å². The van der Waals surface area contributed by atoms with E-state index in [1.807, 2.05) is 25.1 Å². The maximum Gasteiger partial charge on any atom is 0.223 e. The van der Waals surface area contributed by atoms with Gasteiger partial charge in [0, 0.05) is 26.7 Å². The van der Waals surface area contributed by atoms with Gasteiger partial charge in [-0.15, -0.1) is 0 Å². The van der Waals surface area contributed by atoms with Crippen molar-refractivity contribution in [2.75, 3.05) is 40.0 Å². The summed E-state index contributed by atoms with van der Waals surface area (Å²) in [5, 5.41) is 6.01. The molecule has 0 aliphatic carbocycles. The number of benzene rings is 1. The summed E-state index contributed by atoms with van der Waals surface area (Å²) >= 11 is 0. The molecule has 0 saturated carbocycles. The minimum Gasteiger partial charge on any atom is -0.493 e. The average Bonchev–Trinajstić information content (AvgIpc) is 2.46. The van der Waals surface area contributed by atoms with E-state index >= 15 is 0 Å². The Labute approximate surface area is 127 Å². The van der Waals surface area contributed by atoms with Gasteiger partial charge in [0.05, 0.1) is 19.6 Å². The highest BCUT2D eigenvalue weighted by Crippen LogP contribution is 2.16. The van der Waals surface area contributed by atoms with Gasteiger partial charge in [0.25, 0.3) is 0 Å². The first kappa shape index (κ1) is 17.5. The van der Waals surface area contributed by atoms with E-state index in [2.05, 4.69) is 17.6 Å². The molecule has 0 bridgehead atoms. The normalized spacial score (nSPS) is 10.4. The second kappa shape index (κ2) is 10.2. The van der Waals surface area contributed by atoms with Crippen LogP contribution in [-0.2, 0) is 9.53 Å². The van der Waals surface area contributed by atoms with Crippen LogP contribution in [0.5, 0.6) is 5.75 Å². The standard InChI is InChI=1S/C16H26N2O3/c1-13-4-5-15(12-14(13)2)21-10-6-16(19)18-8-7-17-9-11-20-3/h4-5,12,17H,6-11H2,1-3H3,(H,18,19). The molecular weight excluding hydrogens is 268 g/mol. The van der Waals surface area contributed by atoms with Gasteiger partial charge in [-0.3, -0.25) is 4.79 Å². The lowest BCUT2D eigenvalue weighted by atomic mass is 10.1. The van der Waals surface area contributed by atoms with Crippen molar-refractivity contribution in [3.8, 4) is 5.75 Å². The van der Waals surface area contributed by atoms with E-state index in [0.29, 0.717) is 26.2 Å². The number of ether oxygens (including phenoxy) is 2. The molecule has 0 aliphatic heterocycles.